The Kier molecular flexibility index (Phi) is 5.88. The van der Waals surface area contributed by atoms with Crippen molar-refractivity contribution in [2.75, 3.05) is 6.54 Å². The smallest absolute Gasteiger partial charge is 0.147 e. The molecule has 3 nitrogen and oxygen atoms in total. The van der Waals surface area contributed by atoms with Crippen LogP contribution in [0.3, 0.4) is 0 Å². The van der Waals surface area contributed by atoms with Gasteiger partial charge in [-0.25, -0.2) is 0 Å². The van der Waals surface area contributed by atoms with Gasteiger partial charge >= 0.3 is 0 Å². The summed E-state index contributed by atoms with van der Waals surface area (Å²) >= 11 is 1.71. The molecule has 1 aromatic heterocycles. The number of aryl methyl sites for hydroxylation is 1. The molecule has 0 fully saturated rings. The lowest BCUT2D eigenvalue weighted by Crippen LogP contribution is -2.23. The minimum absolute atomic E-state index is 0.550. The highest BCUT2D eigenvalue weighted by molar-refractivity contribution is 7.14. The monoisotopic (exact) mass is 303 g/mol. The van der Waals surface area contributed by atoms with Crippen LogP contribution in [0.15, 0.2) is 24.3 Å². The molecule has 0 saturated carbocycles. The maximum atomic E-state index is 4.32. The van der Waals surface area contributed by atoms with Gasteiger partial charge in [0.25, 0.3) is 0 Å². The number of aromatic nitrogens is 2. The third kappa shape index (κ3) is 4.90. The van der Waals surface area contributed by atoms with Crippen molar-refractivity contribution in [2.24, 2.45) is 0 Å². The summed E-state index contributed by atoms with van der Waals surface area (Å²) in [7, 11) is 0. The van der Waals surface area contributed by atoms with Crippen LogP contribution in [-0.4, -0.2) is 22.8 Å². The minimum atomic E-state index is 0.550. The molecular formula is C17H25N3S. The van der Waals surface area contributed by atoms with Crippen LogP contribution in [0.1, 0.15) is 50.6 Å². The van der Waals surface area contributed by atoms with Crippen molar-refractivity contribution in [1.82, 2.24) is 15.5 Å². The van der Waals surface area contributed by atoms with Crippen LogP contribution in [0.2, 0.25) is 0 Å². The van der Waals surface area contributed by atoms with Gasteiger partial charge < -0.3 is 5.32 Å². The summed E-state index contributed by atoms with van der Waals surface area (Å²) in [5, 5.41) is 14.2. The molecular weight excluding hydrogens is 278 g/mol. The van der Waals surface area contributed by atoms with Gasteiger partial charge in [-0.2, -0.15) is 0 Å². The Balaban J connectivity index is 1.93. The second-order valence-electron chi connectivity index (χ2n) is 5.99. The molecule has 1 aromatic carbocycles. The maximum absolute atomic E-state index is 4.32. The number of hydrogen-bond acceptors (Lipinski definition) is 4. The normalized spacial score (nSPS) is 11.5. The molecule has 0 bridgehead atoms. The number of hydrogen-bond donors (Lipinski definition) is 1. The largest absolute Gasteiger partial charge is 0.315 e. The Morgan fingerprint density at radius 2 is 1.76 bits per heavy atom. The quantitative estimate of drug-likeness (QED) is 0.777. The third-order valence-corrected chi connectivity index (χ3v) is 4.44. The fourth-order valence-corrected chi connectivity index (χ4v) is 3.00. The summed E-state index contributed by atoms with van der Waals surface area (Å²) in [4.78, 5) is 0. The number of nitrogens with one attached hydrogen (secondary N) is 1. The van der Waals surface area contributed by atoms with Crippen molar-refractivity contribution in [3.63, 3.8) is 0 Å². The van der Waals surface area contributed by atoms with E-state index in [4.69, 9.17) is 0 Å². The first kappa shape index (κ1) is 16.1. The standard InChI is InChI=1S/C17H25N3S/c1-12(2)14-7-9-15(10-8-14)17-20-19-16(21-17)6-5-11-18-13(3)4/h7-10,12-13,18H,5-6,11H2,1-4H3. The average Bonchev–Trinajstić information content (AvgIpc) is 2.92. The highest BCUT2D eigenvalue weighted by Crippen LogP contribution is 2.25. The molecule has 21 heavy (non-hydrogen) atoms. The Morgan fingerprint density at radius 3 is 2.38 bits per heavy atom. The summed E-state index contributed by atoms with van der Waals surface area (Å²) in [6.07, 6.45) is 2.11. The molecule has 2 rings (SSSR count). The number of rotatable bonds is 7. The SMILES string of the molecule is CC(C)NCCCc1nnc(-c2ccc(C(C)C)cc2)s1. The van der Waals surface area contributed by atoms with Gasteiger partial charge in [0.1, 0.15) is 10.0 Å². The molecule has 1 heterocycles. The van der Waals surface area contributed by atoms with Crippen LogP contribution < -0.4 is 5.32 Å². The van der Waals surface area contributed by atoms with Gasteiger partial charge in [0.05, 0.1) is 0 Å². The van der Waals surface area contributed by atoms with E-state index in [2.05, 4.69) is 67.5 Å². The van der Waals surface area contributed by atoms with Crippen molar-refractivity contribution in [1.29, 1.82) is 0 Å². The Bertz CT molecular complexity index is 543. The van der Waals surface area contributed by atoms with Gasteiger partial charge in [0.15, 0.2) is 0 Å². The van der Waals surface area contributed by atoms with Crippen molar-refractivity contribution in [3.8, 4) is 10.6 Å². The van der Waals surface area contributed by atoms with E-state index in [0.717, 1.165) is 29.4 Å². The molecule has 2 aromatic rings. The van der Waals surface area contributed by atoms with Crippen molar-refractivity contribution in [3.05, 3.63) is 34.8 Å². The minimum Gasteiger partial charge on any atom is -0.315 e. The molecule has 0 aliphatic carbocycles. The summed E-state index contributed by atoms with van der Waals surface area (Å²) < 4.78 is 0. The van der Waals surface area contributed by atoms with E-state index in [9.17, 15) is 0 Å². The summed E-state index contributed by atoms with van der Waals surface area (Å²) in [5.41, 5.74) is 2.53. The van der Waals surface area contributed by atoms with Crippen LogP contribution >= 0.6 is 11.3 Å². The first-order valence-corrected chi connectivity index (χ1v) is 8.54. The fraction of sp³-hybridized carbons (Fsp3) is 0.529. The van der Waals surface area contributed by atoms with Crippen molar-refractivity contribution < 1.29 is 0 Å². The Morgan fingerprint density at radius 1 is 1.05 bits per heavy atom. The summed E-state index contributed by atoms with van der Waals surface area (Å²) in [5.74, 6) is 0.567. The van der Waals surface area contributed by atoms with Gasteiger partial charge in [0.2, 0.25) is 0 Å². The van der Waals surface area contributed by atoms with E-state index in [-0.39, 0.29) is 0 Å². The second-order valence-corrected chi connectivity index (χ2v) is 7.05. The van der Waals surface area contributed by atoms with Crippen LogP contribution in [0, 0.1) is 0 Å². The first-order chi connectivity index (χ1) is 10.1. The fourth-order valence-electron chi connectivity index (χ4n) is 2.11. The molecule has 0 aliphatic heterocycles. The third-order valence-electron chi connectivity index (χ3n) is 3.41. The van der Waals surface area contributed by atoms with Gasteiger partial charge in [-0.1, -0.05) is 63.3 Å². The first-order valence-electron chi connectivity index (χ1n) is 7.72. The average molecular weight is 303 g/mol. The predicted octanol–water partition coefficient (Wildman–Crippen LogP) is 4.26. The van der Waals surface area contributed by atoms with E-state index in [1.807, 2.05) is 0 Å². The van der Waals surface area contributed by atoms with Crippen molar-refractivity contribution >= 4 is 11.3 Å². The molecule has 0 aliphatic rings. The lowest BCUT2D eigenvalue weighted by atomic mass is 10.0. The van der Waals surface area contributed by atoms with E-state index in [1.54, 1.807) is 11.3 Å². The van der Waals surface area contributed by atoms with Crippen LogP contribution in [0.25, 0.3) is 10.6 Å². The highest BCUT2D eigenvalue weighted by Gasteiger charge is 2.07. The maximum Gasteiger partial charge on any atom is 0.147 e. The topological polar surface area (TPSA) is 37.8 Å². The molecule has 4 heteroatoms. The highest BCUT2D eigenvalue weighted by atomic mass is 32.1. The zero-order valence-electron chi connectivity index (χ0n) is 13.4. The van der Waals surface area contributed by atoms with E-state index in [1.165, 1.54) is 11.1 Å². The zero-order chi connectivity index (χ0) is 15.2. The van der Waals surface area contributed by atoms with Crippen LogP contribution in [-0.2, 0) is 6.42 Å². The van der Waals surface area contributed by atoms with E-state index >= 15 is 0 Å². The van der Waals surface area contributed by atoms with E-state index in [0.29, 0.717) is 12.0 Å². The van der Waals surface area contributed by atoms with Crippen LogP contribution in [0.5, 0.6) is 0 Å². The molecule has 0 spiro atoms. The Hall–Kier alpha value is -1.26. The van der Waals surface area contributed by atoms with Gasteiger partial charge in [-0.3, -0.25) is 0 Å². The summed E-state index contributed by atoms with van der Waals surface area (Å²) in [6.45, 7) is 9.80. The summed E-state index contributed by atoms with van der Waals surface area (Å²) in [6, 6.07) is 9.23. The zero-order valence-corrected chi connectivity index (χ0v) is 14.2. The molecule has 0 saturated heterocycles. The molecule has 0 unspecified atom stereocenters. The van der Waals surface area contributed by atoms with Gasteiger partial charge in [-0.05, 0) is 24.4 Å². The van der Waals surface area contributed by atoms with Gasteiger partial charge in [0, 0.05) is 18.0 Å². The second kappa shape index (κ2) is 7.66. The molecule has 0 atom stereocenters. The predicted molar refractivity (Wildman–Crippen MR) is 90.9 cm³/mol. The molecule has 1 N–H and O–H groups in total. The number of benzene rings is 1. The number of nitrogens with zero attached hydrogens (tertiary/aromatic N) is 2. The van der Waals surface area contributed by atoms with Crippen LogP contribution in [0.4, 0.5) is 0 Å². The molecule has 114 valence electrons. The van der Waals surface area contributed by atoms with E-state index < -0.39 is 0 Å². The molecule has 0 amide bonds. The van der Waals surface area contributed by atoms with Gasteiger partial charge in [-0.15, -0.1) is 10.2 Å². The van der Waals surface area contributed by atoms with Crippen molar-refractivity contribution in [2.45, 2.75) is 52.5 Å². The Labute approximate surface area is 131 Å². The molecule has 0 radical (unpaired) electrons. The lowest BCUT2D eigenvalue weighted by Gasteiger charge is -2.06. The lowest BCUT2D eigenvalue weighted by molar-refractivity contribution is 0.569.